The lowest BCUT2D eigenvalue weighted by molar-refractivity contribution is -0.144. The zero-order chi connectivity index (χ0) is 27.8. The predicted molar refractivity (Wildman–Crippen MR) is 158 cm³/mol. The molecular formula is C34H66O2. The largest absolute Gasteiger partial charge is 0.481 e. The topological polar surface area (TPSA) is 37.3 Å². The van der Waals surface area contributed by atoms with Crippen LogP contribution >= 0.6 is 0 Å². The van der Waals surface area contributed by atoms with Crippen LogP contribution < -0.4 is 0 Å². The quantitative estimate of drug-likeness (QED) is 0.302. The third-order valence-electron chi connectivity index (χ3n) is 9.90. The Morgan fingerprint density at radius 1 is 0.694 bits per heavy atom. The molecule has 0 atom stereocenters. The molecule has 0 heterocycles. The first kappa shape index (κ1) is 33.5. The molecule has 36 heavy (non-hydrogen) atoms. The predicted octanol–water partition coefficient (Wildman–Crippen LogP) is 11.2. The number of carboxylic acid groups (broad SMARTS) is 1. The van der Waals surface area contributed by atoms with Crippen molar-refractivity contribution in [3.8, 4) is 0 Å². The van der Waals surface area contributed by atoms with Gasteiger partial charge in [0.05, 0.1) is 5.41 Å². The van der Waals surface area contributed by atoms with Crippen molar-refractivity contribution in [1.82, 2.24) is 0 Å². The van der Waals surface area contributed by atoms with Crippen LogP contribution in [-0.4, -0.2) is 11.1 Å². The first-order valence-electron chi connectivity index (χ1n) is 15.8. The SMILES string of the molecule is CC(C)CC1(C(=O)O)CC1.CC(C)CCC1(C)CC1.CCC1(C(C)C)CC1.CCC1(CC(C)C)CC1. The first-order chi connectivity index (χ1) is 16.6. The molecule has 0 amide bonds. The van der Waals surface area contributed by atoms with E-state index in [0.717, 1.165) is 53.3 Å². The van der Waals surface area contributed by atoms with Crippen LogP contribution in [0, 0.1) is 45.3 Å². The minimum Gasteiger partial charge on any atom is -0.481 e. The Balaban J connectivity index is 0.000000241. The fraction of sp³-hybridized carbons (Fsp3) is 0.971. The van der Waals surface area contributed by atoms with Gasteiger partial charge >= 0.3 is 5.97 Å². The molecule has 4 fully saturated rings. The second-order valence-corrected chi connectivity index (χ2v) is 15.2. The standard InChI is InChI=1S/2C9H18.C8H14O2.C8H16/c1-8(2)4-5-9(3)6-7-9;1-4-9(5-6-9)7-8(2)3;1-6(2)5-8(3-4-8)7(9)10;1-4-8(5-6-8)7(2)3/h2*8H,4-7H2,1-3H3;6H,3-5H2,1-2H3,(H,9,10);7H,4-6H2,1-3H3. The van der Waals surface area contributed by atoms with Crippen molar-refractivity contribution >= 4 is 5.97 Å². The van der Waals surface area contributed by atoms with E-state index in [9.17, 15) is 4.79 Å². The molecule has 2 nitrogen and oxygen atoms in total. The summed E-state index contributed by atoms with van der Waals surface area (Å²) in [6, 6.07) is 0. The van der Waals surface area contributed by atoms with Gasteiger partial charge in [-0.2, -0.15) is 0 Å². The van der Waals surface area contributed by atoms with Crippen molar-refractivity contribution in [3.63, 3.8) is 0 Å². The molecule has 0 bridgehead atoms. The minimum atomic E-state index is -0.596. The Labute approximate surface area is 227 Å². The molecule has 0 aromatic carbocycles. The van der Waals surface area contributed by atoms with Crippen LogP contribution in [0.15, 0.2) is 0 Å². The van der Waals surface area contributed by atoms with E-state index in [0.29, 0.717) is 5.92 Å². The Morgan fingerprint density at radius 2 is 1.19 bits per heavy atom. The van der Waals surface area contributed by atoms with Crippen molar-refractivity contribution in [2.75, 3.05) is 0 Å². The van der Waals surface area contributed by atoms with Crippen molar-refractivity contribution in [2.45, 2.75) is 166 Å². The van der Waals surface area contributed by atoms with Crippen LogP contribution in [-0.2, 0) is 4.79 Å². The summed E-state index contributed by atoms with van der Waals surface area (Å²) in [5, 5.41) is 8.75. The van der Waals surface area contributed by atoms with Gasteiger partial charge in [0.2, 0.25) is 0 Å². The lowest BCUT2D eigenvalue weighted by atomic mass is 9.90. The van der Waals surface area contributed by atoms with E-state index >= 15 is 0 Å². The molecule has 0 radical (unpaired) electrons. The second-order valence-electron chi connectivity index (χ2n) is 15.2. The number of aliphatic carboxylic acids is 1. The Bertz CT molecular complexity index is 626. The summed E-state index contributed by atoms with van der Waals surface area (Å²) in [6.07, 6.45) is 18.7. The van der Waals surface area contributed by atoms with E-state index in [1.165, 1.54) is 70.6 Å². The summed E-state index contributed by atoms with van der Waals surface area (Å²) < 4.78 is 0. The summed E-state index contributed by atoms with van der Waals surface area (Å²) in [4.78, 5) is 10.6. The highest BCUT2D eigenvalue weighted by Gasteiger charge is 2.50. The molecule has 4 aliphatic carbocycles. The van der Waals surface area contributed by atoms with Crippen molar-refractivity contribution < 1.29 is 9.90 Å². The van der Waals surface area contributed by atoms with Gasteiger partial charge in [-0.15, -0.1) is 0 Å². The fourth-order valence-corrected chi connectivity index (χ4v) is 5.78. The van der Waals surface area contributed by atoms with Crippen molar-refractivity contribution in [1.29, 1.82) is 0 Å². The van der Waals surface area contributed by atoms with Gasteiger partial charge < -0.3 is 5.11 Å². The maximum absolute atomic E-state index is 10.6. The van der Waals surface area contributed by atoms with Crippen molar-refractivity contribution in [2.24, 2.45) is 45.3 Å². The molecule has 4 aliphatic rings. The molecule has 2 heteroatoms. The van der Waals surface area contributed by atoms with Crippen LogP contribution in [0.1, 0.15) is 166 Å². The van der Waals surface area contributed by atoms with Crippen LogP contribution in [0.3, 0.4) is 0 Å². The summed E-state index contributed by atoms with van der Waals surface area (Å²) >= 11 is 0. The number of carboxylic acids is 1. The molecule has 0 aromatic rings. The monoisotopic (exact) mass is 507 g/mol. The van der Waals surface area contributed by atoms with Gasteiger partial charge in [0.15, 0.2) is 0 Å². The van der Waals surface area contributed by atoms with Gasteiger partial charge in [-0.05, 0) is 111 Å². The average molecular weight is 507 g/mol. The molecule has 0 aliphatic heterocycles. The van der Waals surface area contributed by atoms with Crippen LogP contribution in [0.4, 0.5) is 0 Å². The molecule has 4 rings (SSSR count). The molecular weight excluding hydrogens is 440 g/mol. The fourth-order valence-electron chi connectivity index (χ4n) is 5.78. The lowest BCUT2D eigenvalue weighted by Crippen LogP contribution is -2.16. The summed E-state index contributed by atoms with van der Waals surface area (Å²) in [5.74, 6) is 2.65. The molecule has 214 valence electrons. The smallest absolute Gasteiger partial charge is 0.309 e. The summed E-state index contributed by atoms with van der Waals surface area (Å²) in [7, 11) is 0. The van der Waals surface area contributed by atoms with Gasteiger partial charge in [-0.3, -0.25) is 4.79 Å². The van der Waals surface area contributed by atoms with Gasteiger partial charge in [-0.1, -0.05) is 95.4 Å². The van der Waals surface area contributed by atoms with E-state index < -0.39 is 5.97 Å². The Kier molecular flexibility index (Phi) is 13.1. The molecule has 4 saturated carbocycles. The third kappa shape index (κ3) is 12.3. The number of hydrogen-bond acceptors (Lipinski definition) is 1. The van der Waals surface area contributed by atoms with E-state index in [1.54, 1.807) is 0 Å². The normalized spacial score (nSPS) is 22.5. The summed E-state index contributed by atoms with van der Waals surface area (Å²) in [5.41, 5.74) is 2.08. The lowest BCUT2D eigenvalue weighted by Gasteiger charge is -2.15. The Morgan fingerprint density at radius 3 is 1.33 bits per heavy atom. The van der Waals surface area contributed by atoms with Gasteiger partial charge in [0.1, 0.15) is 0 Å². The number of hydrogen-bond donors (Lipinski definition) is 1. The molecule has 1 N–H and O–H groups in total. The zero-order valence-electron chi connectivity index (χ0n) is 26.6. The highest BCUT2D eigenvalue weighted by molar-refractivity contribution is 5.77. The molecule has 0 unspecified atom stereocenters. The first-order valence-corrected chi connectivity index (χ1v) is 15.8. The summed E-state index contributed by atoms with van der Waals surface area (Å²) in [6.45, 7) is 25.2. The Hall–Kier alpha value is -0.530. The van der Waals surface area contributed by atoms with E-state index in [2.05, 4.69) is 76.2 Å². The van der Waals surface area contributed by atoms with Crippen LogP contribution in [0.5, 0.6) is 0 Å². The highest BCUT2D eigenvalue weighted by Crippen LogP contribution is 2.54. The number of rotatable bonds is 11. The van der Waals surface area contributed by atoms with Crippen LogP contribution in [0.2, 0.25) is 0 Å². The second kappa shape index (κ2) is 14.0. The maximum atomic E-state index is 10.6. The van der Waals surface area contributed by atoms with E-state index in [-0.39, 0.29) is 5.41 Å². The molecule has 0 spiro atoms. The minimum absolute atomic E-state index is 0.311. The van der Waals surface area contributed by atoms with E-state index in [1.807, 2.05) is 0 Å². The van der Waals surface area contributed by atoms with Crippen LogP contribution in [0.25, 0.3) is 0 Å². The van der Waals surface area contributed by atoms with Crippen molar-refractivity contribution in [3.05, 3.63) is 0 Å². The molecule has 0 saturated heterocycles. The zero-order valence-corrected chi connectivity index (χ0v) is 26.6. The third-order valence-corrected chi connectivity index (χ3v) is 9.90. The van der Waals surface area contributed by atoms with Gasteiger partial charge in [0.25, 0.3) is 0 Å². The maximum Gasteiger partial charge on any atom is 0.309 e. The van der Waals surface area contributed by atoms with Gasteiger partial charge in [-0.25, -0.2) is 0 Å². The molecule has 0 aromatic heterocycles. The average Bonchev–Trinajstić information content (AvgIpc) is 3.61. The highest BCUT2D eigenvalue weighted by atomic mass is 16.4. The van der Waals surface area contributed by atoms with Gasteiger partial charge in [0, 0.05) is 0 Å². The number of carbonyl (C=O) groups is 1. The van der Waals surface area contributed by atoms with E-state index in [4.69, 9.17) is 5.11 Å².